The first kappa shape index (κ1) is 8.46. The van der Waals surface area contributed by atoms with E-state index in [1.165, 1.54) is 0 Å². The van der Waals surface area contributed by atoms with E-state index in [-0.39, 0.29) is 17.4 Å². The summed E-state index contributed by atoms with van der Waals surface area (Å²) in [6, 6.07) is 0. The van der Waals surface area contributed by atoms with Crippen molar-refractivity contribution in [3.63, 3.8) is 0 Å². The lowest BCUT2D eigenvalue weighted by molar-refractivity contribution is 0.357. The number of rotatable bonds is 2. The third kappa shape index (κ3) is 2.49. The molecule has 0 spiro atoms. The minimum Gasteiger partial charge on any atom is -0.401 e. The van der Waals surface area contributed by atoms with Crippen molar-refractivity contribution in [2.75, 3.05) is 6.61 Å². The van der Waals surface area contributed by atoms with Crippen LogP contribution < -0.4 is 5.73 Å². The minimum absolute atomic E-state index is 0.0448. The second kappa shape index (κ2) is 3.48. The van der Waals surface area contributed by atoms with E-state index >= 15 is 0 Å². The van der Waals surface area contributed by atoms with Crippen LogP contribution in [0.4, 0.5) is 0 Å². The molecule has 0 saturated heterocycles. The van der Waals surface area contributed by atoms with E-state index in [0.717, 1.165) is 0 Å². The van der Waals surface area contributed by atoms with Gasteiger partial charge in [0.2, 0.25) is 0 Å². The molecule has 0 aromatic rings. The lowest BCUT2D eigenvalue weighted by Gasteiger charge is -1.98. The monoisotopic (exact) mass is 148 g/mol. The molecule has 0 aliphatic heterocycles. The number of nitrogens with one attached hydrogen (secondary N) is 1. The molecule has 0 amide bonds. The second-order valence-corrected chi connectivity index (χ2v) is 2.01. The highest BCUT2D eigenvalue weighted by Crippen LogP contribution is 2.04. The molecule has 0 aliphatic carbocycles. The third-order valence-corrected chi connectivity index (χ3v) is 1.30. The van der Waals surface area contributed by atoms with Gasteiger partial charge in [-0.2, -0.15) is 0 Å². The Bertz CT molecular complexity index is 149. The summed E-state index contributed by atoms with van der Waals surface area (Å²) in [4.78, 5) is 0. The van der Waals surface area contributed by atoms with E-state index in [0.29, 0.717) is 5.70 Å². The largest absolute Gasteiger partial charge is 0.401 e. The molecule has 0 rings (SSSR count). The van der Waals surface area contributed by atoms with Crippen molar-refractivity contribution in [2.45, 2.75) is 6.92 Å². The highest BCUT2D eigenvalue weighted by Gasteiger charge is 2.00. The molecule has 0 heterocycles. The quantitative estimate of drug-likeness (QED) is 0.497. The molecule has 52 valence electrons. The number of aliphatic hydroxyl groups is 1. The molecule has 0 aromatic heterocycles. The van der Waals surface area contributed by atoms with E-state index in [9.17, 15) is 0 Å². The van der Waals surface area contributed by atoms with Crippen LogP contribution >= 0.6 is 11.6 Å². The maximum atomic E-state index is 8.36. The number of halogens is 1. The first-order valence-corrected chi connectivity index (χ1v) is 2.78. The van der Waals surface area contributed by atoms with Crippen LogP contribution in [0.5, 0.6) is 0 Å². The summed E-state index contributed by atoms with van der Waals surface area (Å²) in [7, 11) is 0. The van der Waals surface area contributed by atoms with E-state index in [2.05, 4.69) is 0 Å². The van der Waals surface area contributed by atoms with Gasteiger partial charge in [0.05, 0.1) is 17.4 Å². The lowest BCUT2D eigenvalue weighted by atomic mass is 10.3. The van der Waals surface area contributed by atoms with Crippen LogP contribution in [0, 0.1) is 5.41 Å². The Hall–Kier alpha value is -0.540. The highest BCUT2D eigenvalue weighted by molar-refractivity contribution is 6.43. The molecule has 3 nitrogen and oxygen atoms in total. The van der Waals surface area contributed by atoms with Gasteiger partial charge >= 0.3 is 0 Å². The van der Waals surface area contributed by atoms with Crippen LogP contribution in [0.1, 0.15) is 6.92 Å². The predicted octanol–water partition coefficient (Wildman–Crippen LogP) is 0.427. The third-order valence-electron chi connectivity index (χ3n) is 0.769. The predicted molar refractivity (Wildman–Crippen MR) is 37.6 cm³/mol. The molecule has 4 N–H and O–H groups in total. The fourth-order valence-electron chi connectivity index (χ4n) is 0.307. The molecule has 0 atom stereocenters. The SMILES string of the molecule is C/C(N)=C(\Cl)C(=N)CO. The molecular weight excluding hydrogens is 140 g/mol. The fraction of sp³-hybridized carbons (Fsp3) is 0.400. The van der Waals surface area contributed by atoms with E-state index in [1.54, 1.807) is 6.92 Å². The van der Waals surface area contributed by atoms with Gasteiger partial charge in [-0.1, -0.05) is 11.6 Å². The number of nitrogens with two attached hydrogens (primary N) is 1. The van der Waals surface area contributed by atoms with Crippen LogP contribution in [0.3, 0.4) is 0 Å². The van der Waals surface area contributed by atoms with E-state index in [1.807, 2.05) is 0 Å². The van der Waals surface area contributed by atoms with Gasteiger partial charge in [-0.15, -0.1) is 0 Å². The van der Waals surface area contributed by atoms with Gasteiger partial charge in [0.25, 0.3) is 0 Å². The summed E-state index contributed by atoms with van der Waals surface area (Å²) in [6.45, 7) is 1.21. The first-order chi connectivity index (χ1) is 4.09. The maximum Gasteiger partial charge on any atom is 0.0861 e. The highest BCUT2D eigenvalue weighted by atomic mass is 35.5. The van der Waals surface area contributed by atoms with Gasteiger partial charge in [0.1, 0.15) is 0 Å². The summed E-state index contributed by atoms with van der Waals surface area (Å²) < 4.78 is 0. The Kier molecular flexibility index (Phi) is 3.27. The van der Waals surface area contributed by atoms with E-state index in [4.69, 9.17) is 27.9 Å². The molecule has 0 unspecified atom stereocenters. The van der Waals surface area contributed by atoms with Crippen LogP contribution in [0.15, 0.2) is 10.7 Å². The maximum absolute atomic E-state index is 8.36. The van der Waals surface area contributed by atoms with Crippen LogP contribution in [-0.4, -0.2) is 17.4 Å². The summed E-state index contributed by atoms with van der Waals surface area (Å²) >= 11 is 5.44. The number of allylic oxidation sites excluding steroid dienone is 1. The molecule has 0 fully saturated rings. The van der Waals surface area contributed by atoms with Gasteiger partial charge in [0, 0.05) is 5.70 Å². The van der Waals surface area contributed by atoms with Crippen molar-refractivity contribution < 1.29 is 5.11 Å². The first-order valence-electron chi connectivity index (χ1n) is 2.40. The number of hydrogen-bond donors (Lipinski definition) is 3. The van der Waals surface area contributed by atoms with E-state index < -0.39 is 0 Å². The average Bonchev–Trinajstić information content (AvgIpc) is 1.84. The number of aliphatic hydroxyl groups excluding tert-OH is 1. The van der Waals surface area contributed by atoms with Crippen molar-refractivity contribution in [3.05, 3.63) is 10.7 Å². The Labute approximate surface area is 58.6 Å². The minimum atomic E-state index is -0.368. The Balaban J connectivity index is 4.21. The van der Waals surface area contributed by atoms with Crippen molar-refractivity contribution in [1.82, 2.24) is 0 Å². The smallest absolute Gasteiger partial charge is 0.0861 e. The molecule has 4 heteroatoms. The summed E-state index contributed by atoms with van der Waals surface area (Å²) in [5.41, 5.74) is 5.52. The summed E-state index contributed by atoms with van der Waals surface area (Å²) in [6.07, 6.45) is 0. The Morgan fingerprint density at radius 3 is 2.33 bits per heavy atom. The van der Waals surface area contributed by atoms with Crippen molar-refractivity contribution >= 4 is 17.3 Å². The zero-order valence-electron chi connectivity index (χ0n) is 5.11. The van der Waals surface area contributed by atoms with Gasteiger partial charge in [-0.3, -0.25) is 0 Å². The van der Waals surface area contributed by atoms with Crippen molar-refractivity contribution in [3.8, 4) is 0 Å². The van der Waals surface area contributed by atoms with Crippen LogP contribution in [-0.2, 0) is 0 Å². The lowest BCUT2D eigenvalue weighted by Crippen LogP contribution is -2.07. The molecule has 0 saturated carbocycles. The second-order valence-electron chi connectivity index (χ2n) is 1.63. The van der Waals surface area contributed by atoms with Crippen molar-refractivity contribution in [2.24, 2.45) is 5.73 Å². The molecule has 0 aliphatic rings. The van der Waals surface area contributed by atoms with Crippen LogP contribution in [0.2, 0.25) is 0 Å². The average molecular weight is 149 g/mol. The topological polar surface area (TPSA) is 70.1 Å². The zero-order chi connectivity index (χ0) is 7.44. The fourth-order valence-corrected chi connectivity index (χ4v) is 0.367. The molecular formula is C5H9ClN2O. The molecule has 0 aromatic carbocycles. The van der Waals surface area contributed by atoms with Gasteiger partial charge in [-0.25, -0.2) is 0 Å². The molecule has 0 bridgehead atoms. The molecule has 9 heavy (non-hydrogen) atoms. The van der Waals surface area contributed by atoms with Gasteiger partial charge < -0.3 is 16.2 Å². The zero-order valence-corrected chi connectivity index (χ0v) is 5.87. The van der Waals surface area contributed by atoms with Gasteiger partial charge in [0.15, 0.2) is 0 Å². The van der Waals surface area contributed by atoms with Gasteiger partial charge in [-0.05, 0) is 6.92 Å². The Morgan fingerprint density at radius 2 is 2.22 bits per heavy atom. The van der Waals surface area contributed by atoms with Crippen molar-refractivity contribution in [1.29, 1.82) is 5.41 Å². The summed E-state index contributed by atoms with van der Waals surface area (Å²) in [5, 5.41) is 15.4. The van der Waals surface area contributed by atoms with Crippen LogP contribution in [0.25, 0.3) is 0 Å². The summed E-state index contributed by atoms with van der Waals surface area (Å²) in [5.74, 6) is 0. The standard InChI is InChI=1S/C5H9ClN2O/c1-3(7)5(6)4(8)2-9/h8-9H,2,7H2,1H3/b5-3+,8-4?. The normalized spacial score (nSPS) is 12.8. The Morgan fingerprint density at radius 1 is 1.78 bits per heavy atom. The molecule has 0 radical (unpaired) electrons. The number of hydrogen-bond acceptors (Lipinski definition) is 3.